The minimum Gasteiger partial charge on any atom is -0.481 e. The first-order valence-electron chi connectivity index (χ1n) is 14.5. The molecule has 2 saturated carbocycles. The number of amides is 1. The Bertz CT molecular complexity index is 1550. The number of carboxylic acid groups (broad SMARTS) is 1. The molecule has 6 rings (SSSR count). The molecule has 0 saturated heterocycles. The van der Waals surface area contributed by atoms with Gasteiger partial charge >= 0.3 is 5.97 Å². The van der Waals surface area contributed by atoms with Crippen LogP contribution in [0.2, 0.25) is 0 Å². The Labute approximate surface area is 244 Å². The number of pyridine rings is 1. The number of aromatic nitrogens is 4. The Kier molecular flexibility index (Phi) is 7.71. The molecular weight excluding hydrogens is 534 g/mol. The third kappa shape index (κ3) is 5.95. The number of aryl methyl sites for hydroxylation is 2. The summed E-state index contributed by atoms with van der Waals surface area (Å²) >= 11 is 1.46. The van der Waals surface area contributed by atoms with Gasteiger partial charge in [0, 0.05) is 40.4 Å². The van der Waals surface area contributed by atoms with Gasteiger partial charge < -0.3 is 5.11 Å². The van der Waals surface area contributed by atoms with Gasteiger partial charge in [0.15, 0.2) is 10.9 Å². The number of aliphatic carboxylic acids is 1. The van der Waals surface area contributed by atoms with Crippen molar-refractivity contribution in [3.8, 4) is 28.2 Å². The van der Waals surface area contributed by atoms with Crippen molar-refractivity contribution in [3.63, 3.8) is 0 Å². The molecule has 8 nitrogen and oxygen atoms in total. The monoisotopic (exact) mass is 569 g/mol. The fourth-order valence-corrected chi connectivity index (χ4v) is 6.98. The van der Waals surface area contributed by atoms with Crippen molar-refractivity contribution in [2.75, 3.05) is 4.90 Å². The van der Waals surface area contributed by atoms with Crippen molar-refractivity contribution in [3.05, 3.63) is 65.4 Å². The smallest absolute Gasteiger partial charge is 0.304 e. The van der Waals surface area contributed by atoms with Gasteiger partial charge in [0.2, 0.25) is 5.91 Å². The summed E-state index contributed by atoms with van der Waals surface area (Å²) in [6, 6.07) is 14.2. The van der Waals surface area contributed by atoms with Crippen LogP contribution < -0.4 is 4.90 Å². The molecule has 1 atom stereocenters. The normalized spacial score (nSPS) is 16.1. The van der Waals surface area contributed by atoms with E-state index in [1.165, 1.54) is 24.2 Å². The van der Waals surface area contributed by atoms with Crippen LogP contribution in [0.25, 0.3) is 28.2 Å². The summed E-state index contributed by atoms with van der Waals surface area (Å²) in [6.07, 6.45) is 8.74. The Morgan fingerprint density at radius 3 is 2.46 bits per heavy atom. The fourth-order valence-electron chi connectivity index (χ4n) is 6.08. The lowest BCUT2D eigenvalue weighted by atomic mass is 9.90. The van der Waals surface area contributed by atoms with Crippen LogP contribution in [-0.4, -0.2) is 42.8 Å². The van der Waals surface area contributed by atoms with Gasteiger partial charge in [0.1, 0.15) is 0 Å². The maximum absolute atomic E-state index is 13.9. The maximum atomic E-state index is 13.9. The van der Waals surface area contributed by atoms with Crippen LogP contribution >= 0.6 is 11.3 Å². The zero-order chi connectivity index (χ0) is 28.5. The van der Waals surface area contributed by atoms with Gasteiger partial charge in [0.25, 0.3) is 0 Å². The Morgan fingerprint density at radius 1 is 1.07 bits per heavy atom. The zero-order valence-electron chi connectivity index (χ0n) is 23.5. The van der Waals surface area contributed by atoms with Gasteiger partial charge in [-0.25, -0.2) is 14.6 Å². The quantitative estimate of drug-likeness (QED) is 0.224. The first-order valence-corrected chi connectivity index (χ1v) is 15.3. The molecule has 2 fully saturated rings. The number of hydrogen-bond acceptors (Lipinski definition) is 6. The molecule has 0 aliphatic heterocycles. The standard InChI is InChI=1S/C32H35N5O3S/c1-20-15-21(2)37(35-20)29-14-11-23(18-33-29)26-9-5-6-10-27(26)28-19-41-32(34-28)36(25-12-13-25)31(40)24(17-30(38)39)16-22-7-3-4-8-22/h5-6,9-11,14-15,18-19,22,24-25H,3-4,7-8,12-13,16-17H2,1-2H3,(H,38,39)/t24-/m1/s1. The maximum Gasteiger partial charge on any atom is 0.304 e. The van der Waals surface area contributed by atoms with Gasteiger partial charge in [-0.15, -0.1) is 11.3 Å². The summed E-state index contributed by atoms with van der Waals surface area (Å²) < 4.78 is 1.84. The largest absolute Gasteiger partial charge is 0.481 e. The number of benzene rings is 1. The van der Waals surface area contributed by atoms with Gasteiger partial charge in [-0.2, -0.15) is 5.10 Å². The number of carboxylic acids is 1. The molecule has 0 unspecified atom stereocenters. The third-order valence-electron chi connectivity index (χ3n) is 8.20. The average molecular weight is 570 g/mol. The van der Waals surface area contributed by atoms with E-state index in [0.29, 0.717) is 17.5 Å². The van der Waals surface area contributed by atoms with Crippen molar-refractivity contribution in [2.45, 2.75) is 71.3 Å². The molecule has 1 N–H and O–H groups in total. The topological polar surface area (TPSA) is 101 Å². The Morgan fingerprint density at radius 2 is 1.83 bits per heavy atom. The molecule has 1 aromatic carbocycles. The first kappa shape index (κ1) is 27.3. The van der Waals surface area contributed by atoms with E-state index in [-0.39, 0.29) is 18.4 Å². The molecular formula is C32H35N5O3S. The number of nitrogens with zero attached hydrogens (tertiary/aromatic N) is 5. The van der Waals surface area contributed by atoms with Gasteiger partial charge in [0.05, 0.1) is 17.8 Å². The number of carbonyl (C=O) groups excluding carboxylic acids is 1. The summed E-state index contributed by atoms with van der Waals surface area (Å²) in [5.74, 6) is -0.310. The highest BCUT2D eigenvalue weighted by Crippen LogP contribution is 2.40. The third-order valence-corrected chi connectivity index (χ3v) is 9.04. The molecule has 3 aromatic heterocycles. The number of carbonyl (C=O) groups is 2. The summed E-state index contributed by atoms with van der Waals surface area (Å²) in [6.45, 7) is 3.98. The van der Waals surface area contributed by atoms with E-state index in [0.717, 1.165) is 65.3 Å². The van der Waals surface area contributed by atoms with Crippen molar-refractivity contribution >= 4 is 28.3 Å². The highest BCUT2D eigenvalue weighted by Gasteiger charge is 2.40. The molecule has 4 aromatic rings. The van der Waals surface area contributed by atoms with E-state index in [2.05, 4.69) is 16.1 Å². The predicted molar refractivity (Wildman–Crippen MR) is 160 cm³/mol. The second kappa shape index (κ2) is 11.6. The second-order valence-corrected chi connectivity index (χ2v) is 12.3. The number of anilines is 1. The molecule has 212 valence electrons. The Hall–Kier alpha value is -3.85. The van der Waals surface area contributed by atoms with E-state index >= 15 is 0 Å². The van der Waals surface area contributed by atoms with Crippen LogP contribution in [0.3, 0.4) is 0 Å². The first-order chi connectivity index (χ1) is 19.9. The lowest BCUT2D eigenvalue weighted by Gasteiger charge is -2.26. The molecule has 1 amide bonds. The van der Waals surface area contributed by atoms with Gasteiger partial charge in [-0.3, -0.25) is 14.5 Å². The number of hydrogen-bond donors (Lipinski definition) is 1. The van der Waals surface area contributed by atoms with E-state index in [1.807, 2.05) is 71.4 Å². The van der Waals surface area contributed by atoms with Crippen molar-refractivity contribution in [1.82, 2.24) is 19.7 Å². The van der Waals surface area contributed by atoms with Crippen LogP contribution in [0.15, 0.2) is 54.0 Å². The second-order valence-electron chi connectivity index (χ2n) is 11.4. The summed E-state index contributed by atoms with van der Waals surface area (Å²) in [5, 5.41) is 16.8. The molecule has 3 heterocycles. The minimum absolute atomic E-state index is 0.0834. The van der Waals surface area contributed by atoms with E-state index in [1.54, 1.807) is 0 Å². The molecule has 9 heteroatoms. The van der Waals surface area contributed by atoms with Crippen LogP contribution in [0.5, 0.6) is 0 Å². The van der Waals surface area contributed by atoms with Crippen molar-refractivity contribution in [2.24, 2.45) is 11.8 Å². The van der Waals surface area contributed by atoms with Gasteiger partial charge in [-0.1, -0.05) is 49.9 Å². The zero-order valence-corrected chi connectivity index (χ0v) is 24.3. The van der Waals surface area contributed by atoms with Gasteiger partial charge in [-0.05, 0) is 62.8 Å². The molecule has 0 bridgehead atoms. The summed E-state index contributed by atoms with van der Waals surface area (Å²) in [4.78, 5) is 37.1. The molecule has 0 spiro atoms. The molecule has 2 aliphatic rings. The van der Waals surface area contributed by atoms with Crippen LogP contribution in [0.4, 0.5) is 5.13 Å². The van der Waals surface area contributed by atoms with Crippen LogP contribution in [0.1, 0.15) is 62.8 Å². The molecule has 0 radical (unpaired) electrons. The van der Waals surface area contributed by atoms with Crippen molar-refractivity contribution < 1.29 is 14.7 Å². The summed E-state index contributed by atoms with van der Waals surface area (Å²) in [7, 11) is 0. The minimum atomic E-state index is -0.914. The predicted octanol–water partition coefficient (Wildman–Crippen LogP) is 6.84. The van der Waals surface area contributed by atoms with Crippen molar-refractivity contribution in [1.29, 1.82) is 0 Å². The summed E-state index contributed by atoms with van der Waals surface area (Å²) in [5.41, 5.74) is 5.71. The van der Waals surface area contributed by atoms with Crippen LogP contribution in [0, 0.1) is 25.7 Å². The molecule has 41 heavy (non-hydrogen) atoms. The number of rotatable bonds is 10. The Balaban J connectivity index is 1.27. The van der Waals surface area contributed by atoms with E-state index < -0.39 is 11.9 Å². The molecule has 2 aliphatic carbocycles. The van der Waals surface area contributed by atoms with E-state index in [4.69, 9.17) is 4.98 Å². The SMILES string of the molecule is Cc1cc(C)n(-c2ccc(-c3ccccc3-c3csc(N(C(=O)[C@@H](CC(=O)O)CC4CCCC4)C4CC4)n3)cn2)n1. The average Bonchev–Trinajstić information content (AvgIpc) is 3.30. The highest BCUT2D eigenvalue weighted by atomic mass is 32.1. The lowest BCUT2D eigenvalue weighted by molar-refractivity contribution is -0.141. The number of thiazole rings is 1. The fraction of sp³-hybridized carbons (Fsp3) is 0.406. The van der Waals surface area contributed by atoms with Crippen LogP contribution in [-0.2, 0) is 9.59 Å². The lowest BCUT2D eigenvalue weighted by Crippen LogP contribution is -2.39. The van der Waals surface area contributed by atoms with E-state index in [9.17, 15) is 14.7 Å². The highest BCUT2D eigenvalue weighted by molar-refractivity contribution is 7.14.